The zero-order valence-electron chi connectivity index (χ0n) is 11.8. The molecule has 100 valence electrons. The van der Waals surface area contributed by atoms with Crippen LogP contribution >= 0.6 is 0 Å². The first kappa shape index (κ1) is 13.4. The lowest BCUT2D eigenvalue weighted by molar-refractivity contribution is 0.339. The fraction of sp³-hybridized carbons (Fsp3) is 0.625. The first-order valence-corrected chi connectivity index (χ1v) is 7.14. The van der Waals surface area contributed by atoms with Crippen LogP contribution in [0, 0.1) is 11.8 Å². The molecule has 1 aromatic rings. The van der Waals surface area contributed by atoms with Crippen molar-refractivity contribution in [2.24, 2.45) is 11.8 Å². The molecule has 2 heteroatoms. The summed E-state index contributed by atoms with van der Waals surface area (Å²) in [5, 5.41) is 3.49. The first-order chi connectivity index (χ1) is 8.74. The number of hydrogen-bond acceptors (Lipinski definition) is 2. The van der Waals surface area contributed by atoms with Crippen molar-refractivity contribution in [2.45, 2.75) is 39.2 Å². The van der Waals surface area contributed by atoms with Gasteiger partial charge < -0.3 is 10.1 Å². The average molecular weight is 247 g/mol. The third-order valence-corrected chi connectivity index (χ3v) is 4.07. The summed E-state index contributed by atoms with van der Waals surface area (Å²) in [6, 6.07) is 9.07. The van der Waals surface area contributed by atoms with Crippen LogP contribution in [0.1, 0.15) is 44.7 Å². The zero-order chi connectivity index (χ0) is 13.0. The molecule has 0 heterocycles. The van der Waals surface area contributed by atoms with Crippen molar-refractivity contribution in [3.8, 4) is 5.75 Å². The minimum atomic E-state index is 0.491. The second-order valence-corrected chi connectivity index (χ2v) is 5.45. The highest BCUT2D eigenvalue weighted by Gasteiger charge is 2.28. The van der Waals surface area contributed by atoms with Gasteiger partial charge in [-0.05, 0) is 56.3 Å². The second kappa shape index (κ2) is 6.24. The quantitative estimate of drug-likeness (QED) is 0.855. The standard InChI is InChI=1S/C16H25NO/c1-4-18-15-9-7-13(8-10-15)16(17-3)14-6-5-12(2)11-14/h7-10,12,14,16-17H,4-6,11H2,1-3H3. The van der Waals surface area contributed by atoms with Crippen LogP contribution in [0.2, 0.25) is 0 Å². The summed E-state index contributed by atoms with van der Waals surface area (Å²) in [4.78, 5) is 0. The maximum atomic E-state index is 5.50. The summed E-state index contributed by atoms with van der Waals surface area (Å²) in [6.45, 7) is 5.12. The molecule has 1 fully saturated rings. The Hall–Kier alpha value is -1.02. The van der Waals surface area contributed by atoms with Gasteiger partial charge in [0.15, 0.2) is 0 Å². The van der Waals surface area contributed by atoms with E-state index in [0.717, 1.165) is 24.2 Å². The van der Waals surface area contributed by atoms with E-state index in [1.165, 1.54) is 24.8 Å². The summed E-state index contributed by atoms with van der Waals surface area (Å²) in [7, 11) is 2.07. The van der Waals surface area contributed by atoms with Crippen molar-refractivity contribution in [1.82, 2.24) is 5.32 Å². The number of benzene rings is 1. The van der Waals surface area contributed by atoms with E-state index in [1.54, 1.807) is 0 Å². The molecule has 2 rings (SSSR count). The molecule has 0 aromatic heterocycles. The van der Waals surface area contributed by atoms with Gasteiger partial charge in [0.05, 0.1) is 6.61 Å². The third-order valence-electron chi connectivity index (χ3n) is 4.07. The maximum Gasteiger partial charge on any atom is 0.119 e. The molecule has 0 spiro atoms. The molecular weight excluding hydrogens is 222 g/mol. The predicted octanol–water partition coefficient (Wildman–Crippen LogP) is 3.78. The molecule has 0 aliphatic heterocycles. The van der Waals surface area contributed by atoms with Gasteiger partial charge in [0.2, 0.25) is 0 Å². The van der Waals surface area contributed by atoms with E-state index in [2.05, 4.69) is 43.6 Å². The van der Waals surface area contributed by atoms with Gasteiger partial charge >= 0.3 is 0 Å². The highest BCUT2D eigenvalue weighted by Crippen LogP contribution is 2.38. The Morgan fingerprint density at radius 3 is 2.50 bits per heavy atom. The number of nitrogens with one attached hydrogen (secondary N) is 1. The van der Waals surface area contributed by atoms with Gasteiger partial charge in [-0.25, -0.2) is 0 Å². The smallest absolute Gasteiger partial charge is 0.119 e. The van der Waals surface area contributed by atoms with E-state index in [4.69, 9.17) is 4.74 Å². The minimum absolute atomic E-state index is 0.491. The summed E-state index contributed by atoms with van der Waals surface area (Å²) in [6.07, 6.45) is 4.07. The second-order valence-electron chi connectivity index (χ2n) is 5.45. The van der Waals surface area contributed by atoms with Gasteiger partial charge in [-0.3, -0.25) is 0 Å². The Labute approximate surface area is 111 Å². The van der Waals surface area contributed by atoms with Crippen molar-refractivity contribution in [2.75, 3.05) is 13.7 Å². The molecule has 2 nitrogen and oxygen atoms in total. The van der Waals surface area contributed by atoms with Crippen LogP contribution in [0.5, 0.6) is 5.75 Å². The van der Waals surface area contributed by atoms with E-state index >= 15 is 0 Å². The SMILES string of the molecule is CCOc1ccc(C(NC)C2CCC(C)C2)cc1. The normalized spacial score (nSPS) is 25.1. The highest BCUT2D eigenvalue weighted by molar-refractivity contribution is 5.29. The fourth-order valence-corrected chi connectivity index (χ4v) is 3.17. The van der Waals surface area contributed by atoms with Crippen LogP contribution in [0.15, 0.2) is 24.3 Å². The fourth-order valence-electron chi connectivity index (χ4n) is 3.17. The van der Waals surface area contributed by atoms with Gasteiger partial charge in [0, 0.05) is 6.04 Å². The third kappa shape index (κ3) is 3.05. The van der Waals surface area contributed by atoms with E-state index in [0.29, 0.717) is 6.04 Å². The lowest BCUT2D eigenvalue weighted by Gasteiger charge is -2.24. The minimum Gasteiger partial charge on any atom is -0.494 e. The van der Waals surface area contributed by atoms with Gasteiger partial charge in [0.1, 0.15) is 5.75 Å². The van der Waals surface area contributed by atoms with E-state index in [9.17, 15) is 0 Å². The van der Waals surface area contributed by atoms with Crippen LogP contribution < -0.4 is 10.1 Å². The summed E-state index contributed by atoms with van der Waals surface area (Å²) in [5.74, 6) is 2.63. The molecule has 1 aliphatic carbocycles. The monoisotopic (exact) mass is 247 g/mol. The van der Waals surface area contributed by atoms with E-state index < -0.39 is 0 Å². The van der Waals surface area contributed by atoms with Crippen molar-refractivity contribution in [3.63, 3.8) is 0 Å². The Bertz CT molecular complexity index is 360. The van der Waals surface area contributed by atoms with E-state index in [-0.39, 0.29) is 0 Å². The molecule has 0 radical (unpaired) electrons. The highest BCUT2D eigenvalue weighted by atomic mass is 16.5. The Morgan fingerprint density at radius 2 is 2.00 bits per heavy atom. The van der Waals surface area contributed by atoms with Crippen LogP contribution in [0.25, 0.3) is 0 Å². The molecule has 1 N–H and O–H groups in total. The number of ether oxygens (including phenoxy) is 1. The van der Waals surface area contributed by atoms with Crippen molar-refractivity contribution in [1.29, 1.82) is 0 Å². The summed E-state index contributed by atoms with van der Waals surface area (Å²) in [5.41, 5.74) is 1.39. The van der Waals surface area contributed by atoms with Gasteiger partial charge in [-0.2, -0.15) is 0 Å². The zero-order valence-corrected chi connectivity index (χ0v) is 11.8. The van der Waals surface area contributed by atoms with Gasteiger partial charge in [-0.15, -0.1) is 0 Å². The molecule has 18 heavy (non-hydrogen) atoms. The van der Waals surface area contributed by atoms with Crippen molar-refractivity contribution < 1.29 is 4.74 Å². The van der Waals surface area contributed by atoms with E-state index in [1.807, 2.05) is 6.92 Å². The average Bonchev–Trinajstić information content (AvgIpc) is 2.79. The molecule has 1 saturated carbocycles. The molecule has 1 aliphatic rings. The lowest BCUT2D eigenvalue weighted by Crippen LogP contribution is -2.23. The molecule has 3 atom stereocenters. The largest absolute Gasteiger partial charge is 0.494 e. The summed E-state index contributed by atoms with van der Waals surface area (Å²) < 4.78 is 5.50. The van der Waals surface area contributed by atoms with Crippen molar-refractivity contribution >= 4 is 0 Å². The Kier molecular flexibility index (Phi) is 4.65. The number of rotatable bonds is 5. The Morgan fingerprint density at radius 1 is 1.28 bits per heavy atom. The molecule has 0 amide bonds. The van der Waals surface area contributed by atoms with Gasteiger partial charge in [-0.1, -0.05) is 25.5 Å². The molecule has 0 bridgehead atoms. The number of hydrogen-bond donors (Lipinski definition) is 1. The van der Waals surface area contributed by atoms with Crippen LogP contribution in [-0.4, -0.2) is 13.7 Å². The molecule has 0 saturated heterocycles. The predicted molar refractivity (Wildman–Crippen MR) is 75.9 cm³/mol. The van der Waals surface area contributed by atoms with Crippen LogP contribution in [0.3, 0.4) is 0 Å². The lowest BCUT2D eigenvalue weighted by atomic mass is 9.91. The molecular formula is C16H25NO. The molecule has 1 aromatic carbocycles. The van der Waals surface area contributed by atoms with Crippen molar-refractivity contribution in [3.05, 3.63) is 29.8 Å². The topological polar surface area (TPSA) is 21.3 Å². The Balaban J connectivity index is 2.07. The first-order valence-electron chi connectivity index (χ1n) is 7.14. The van der Waals surface area contributed by atoms with Crippen LogP contribution in [0.4, 0.5) is 0 Å². The van der Waals surface area contributed by atoms with Gasteiger partial charge in [0.25, 0.3) is 0 Å². The maximum absolute atomic E-state index is 5.50. The summed E-state index contributed by atoms with van der Waals surface area (Å²) >= 11 is 0. The van der Waals surface area contributed by atoms with Crippen LogP contribution in [-0.2, 0) is 0 Å². The molecule has 3 unspecified atom stereocenters.